The molecule has 18 heavy (non-hydrogen) atoms. The molecule has 1 unspecified atom stereocenters. The van der Waals surface area contributed by atoms with Crippen molar-refractivity contribution in [2.75, 3.05) is 18.1 Å². The molecule has 2 rings (SSSR count). The minimum Gasteiger partial charge on any atom is -0.396 e. The summed E-state index contributed by atoms with van der Waals surface area (Å²) in [4.78, 5) is 2.37. The zero-order valence-electron chi connectivity index (χ0n) is 10.6. The van der Waals surface area contributed by atoms with Gasteiger partial charge in [-0.2, -0.15) is 0 Å². The van der Waals surface area contributed by atoms with Crippen LogP contribution in [0.15, 0.2) is 18.2 Å². The van der Waals surface area contributed by atoms with Crippen LogP contribution in [0.1, 0.15) is 31.2 Å². The van der Waals surface area contributed by atoms with Crippen LogP contribution in [-0.4, -0.2) is 24.3 Å². The number of hydrogen-bond acceptors (Lipinski definition) is 3. The number of nitrogens with zero attached hydrogens (tertiary/aromatic N) is 1. The van der Waals surface area contributed by atoms with Gasteiger partial charge in [-0.15, -0.1) is 0 Å². The third-order valence-corrected chi connectivity index (χ3v) is 3.90. The van der Waals surface area contributed by atoms with Crippen molar-refractivity contribution < 1.29 is 5.11 Å². The quantitative estimate of drug-likeness (QED) is 0.882. The van der Waals surface area contributed by atoms with Crippen LogP contribution in [0.4, 0.5) is 5.69 Å². The second-order valence-corrected chi connectivity index (χ2v) is 5.27. The first-order chi connectivity index (χ1) is 8.76. The molecule has 0 radical (unpaired) electrons. The average molecular weight is 269 g/mol. The minimum absolute atomic E-state index is 0.236. The van der Waals surface area contributed by atoms with Crippen LogP contribution in [-0.2, 0) is 6.54 Å². The van der Waals surface area contributed by atoms with Crippen LogP contribution in [0.25, 0.3) is 0 Å². The number of nitrogens with two attached hydrogens (primary N) is 1. The summed E-state index contributed by atoms with van der Waals surface area (Å²) in [7, 11) is 0. The van der Waals surface area contributed by atoms with Gasteiger partial charge < -0.3 is 15.7 Å². The summed E-state index contributed by atoms with van der Waals surface area (Å²) in [6.07, 6.45) is 4.38. The number of anilines is 1. The zero-order chi connectivity index (χ0) is 13.0. The predicted molar refractivity (Wildman–Crippen MR) is 76.0 cm³/mol. The van der Waals surface area contributed by atoms with E-state index < -0.39 is 0 Å². The Morgan fingerprint density at radius 2 is 2.22 bits per heavy atom. The monoisotopic (exact) mass is 268 g/mol. The minimum atomic E-state index is 0.236. The van der Waals surface area contributed by atoms with Crippen LogP contribution >= 0.6 is 11.6 Å². The van der Waals surface area contributed by atoms with Crippen LogP contribution in [0.3, 0.4) is 0 Å². The second kappa shape index (κ2) is 6.41. The Balaban J connectivity index is 2.29. The number of piperidine rings is 1. The number of aliphatic hydroxyl groups excluding tert-OH is 1. The summed E-state index contributed by atoms with van der Waals surface area (Å²) in [6.45, 7) is 1.78. The zero-order valence-corrected chi connectivity index (χ0v) is 11.4. The maximum Gasteiger partial charge on any atom is 0.0450 e. The van der Waals surface area contributed by atoms with Crippen molar-refractivity contribution in [2.24, 2.45) is 5.73 Å². The molecular formula is C14H21ClN2O. The van der Waals surface area contributed by atoms with Gasteiger partial charge in [-0.1, -0.05) is 17.7 Å². The van der Waals surface area contributed by atoms with Crippen LogP contribution in [0, 0.1) is 0 Å². The van der Waals surface area contributed by atoms with Crippen molar-refractivity contribution in [1.29, 1.82) is 0 Å². The molecule has 100 valence electrons. The van der Waals surface area contributed by atoms with E-state index in [1.54, 1.807) is 0 Å². The average Bonchev–Trinajstić information content (AvgIpc) is 2.40. The summed E-state index contributed by atoms with van der Waals surface area (Å²) in [5, 5.41) is 9.93. The molecule has 1 aliphatic heterocycles. The highest BCUT2D eigenvalue weighted by molar-refractivity contribution is 6.30. The van der Waals surface area contributed by atoms with Crippen LogP contribution in [0.2, 0.25) is 5.02 Å². The van der Waals surface area contributed by atoms with E-state index >= 15 is 0 Å². The molecule has 1 aromatic carbocycles. The van der Waals surface area contributed by atoms with Crippen LogP contribution < -0.4 is 10.6 Å². The van der Waals surface area contributed by atoms with E-state index in [0.717, 1.165) is 35.7 Å². The van der Waals surface area contributed by atoms with E-state index in [0.29, 0.717) is 12.6 Å². The van der Waals surface area contributed by atoms with Crippen molar-refractivity contribution in [3.05, 3.63) is 28.8 Å². The molecule has 0 aliphatic carbocycles. The van der Waals surface area contributed by atoms with Gasteiger partial charge in [-0.25, -0.2) is 0 Å². The lowest BCUT2D eigenvalue weighted by Gasteiger charge is -2.38. The largest absolute Gasteiger partial charge is 0.396 e. The number of benzene rings is 1. The molecule has 4 heteroatoms. The van der Waals surface area contributed by atoms with Gasteiger partial charge in [0.25, 0.3) is 0 Å². The van der Waals surface area contributed by atoms with Gasteiger partial charge in [0.1, 0.15) is 0 Å². The lowest BCUT2D eigenvalue weighted by atomic mass is 9.97. The van der Waals surface area contributed by atoms with E-state index in [4.69, 9.17) is 17.3 Å². The summed E-state index contributed by atoms with van der Waals surface area (Å²) < 4.78 is 0. The summed E-state index contributed by atoms with van der Waals surface area (Å²) in [5.41, 5.74) is 8.08. The Kier molecular flexibility index (Phi) is 4.87. The molecular weight excluding hydrogens is 248 g/mol. The highest BCUT2D eigenvalue weighted by Crippen LogP contribution is 2.31. The molecule has 0 saturated carbocycles. The van der Waals surface area contributed by atoms with Gasteiger partial charge in [-0.05, 0) is 43.4 Å². The van der Waals surface area contributed by atoms with E-state index in [1.165, 1.54) is 12.8 Å². The van der Waals surface area contributed by atoms with Gasteiger partial charge in [0.2, 0.25) is 0 Å². The van der Waals surface area contributed by atoms with E-state index in [2.05, 4.69) is 4.90 Å². The molecule has 1 heterocycles. The Morgan fingerprint density at radius 3 is 2.94 bits per heavy atom. The van der Waals surface area contributed by atoms with E-state index in [-0.39, 0.29) is 6.61 Å². The number of hydrogen-bond donors (Lipinski definition) is 2. The predicted octanol–water partition coefficient (Wildman–Crippen LogP) is 2.54. The topological polar surface area (TPSA) is 49.5 Å². The lowest BCUT2D eigenvalue weighted by molar-refractivity contribution is 0.262. The molecule has 1 fully saturated rings. The highest BCUT2D eigenvalue weighted by Gasteiger charge is 2.23. The first-order valence-corrected chi connectivity index (χ1v) is 7.00. The number of rotatable bonds is 4. The van der Waals surface area contributed by atoms with Gasteiger partial charge >= 0.3 is 0 Å². The first-order valence-electron chi connectivity index (χ1n) is 6.62. The van der Waals surface area contributed by atoms with Gasteiger partial charge in [0.05, 0.1) is 0 Å². The molecule has 1 aromatic rings. The van der Waals surface area contributed by atoms with E-state index in [1.807, 2.05) is 18.2 Å². The molecule has 0 amide bonds. The third-order valence-electron chi connectivity index (χ3n) is 3.67. The molecule has 0 spiro atoms. The normalized spacial score (nSPS) is 20.2. The molecule has 3 N–H and O–H groups in total. The Hall–Kier alpha value is -0.770. The van der Waals surface area contributed by atoms with Gasteiger partial charge in [0.15, 0.2) is 0 Å². The Morgan fingerprint density at radius 1 is 1.39 bits per heavy atom. The standard InChI is InChI=1S/C14H21ClN2O/c15-12-5-4-11(10-16)14(9-12)17-7-2-1-3-13(17)6-8-18/h4-5,9,13,18H,1-3,6-8,10,16H2. The fourth-order valence-electron chi connectivity index (χ4n) is 2.74. The summed E-state index contributed by atoms with van der Waals surface area (Å²) in [6, 6.07) is 6.30. The maximum atomic E-state index is 9.19. The summed E-state index contributed by atoms with van der Waals surface area (Å²) >= 11 is 6.10. The number of halogens is 1. The smallest absolute Gasteiger partial charge is 0.0450 e. The second-order valence-electron chi connectivity index (χ2n) is 4.83. The molecule has 3 nitrogen and oxygen atoms in total. The SMILES string of the molecule is NCc1ccc(Cl)cc1N1CCCCC1CCO. The summed E-state index contributed by atoms with van der Waals surface area (Å²) in [5.74, 6) is 0. The molecule has 0 bridgehead atoms. The third kappa shape index (κ3) is 2.97. The molecule has 1 aliphatic rings. The van der Waals surface area contributed by atoms with Crippen molar-refractivity contribution in [2.45, 2.75) is 38.3 Å². The lowest BCUT2D eigenvalue weighted by Crippen LogP contribution is -2.40. The first kappa shape index (κ1) is 13.7. The fraction of sp³-hybridized carbons (Fsp3) is 0.571. The fourth-order valence-corrected chi connectivity index (χ4v) is 2.91. The van der Waals surface area contributed by atoms with Gasteiger partial charge in [0, 0.05) is 36.4 Å². The van der Waals surface area contributed by atoms with Crippen molar-refractivity contribution in [3.63, 3.8) is 0 Å². The molecule has 1 atom stereocenters. The molecule has 0 aromatic heterocycles. The highest BCUT2D eigenvalue weighted by atomic mass is 35.5. The Bertz CT molecular complexity index is 395. The van der Waals surface area contributed by atoms with Crippen molar-refractivity contribution >= 4 is 17.3 Å². The van der Waals surface area contributed by atoms with Crippen molar-refractivity contribution in [3.8, 4) is 0 Å². The Labute approximate surface area is 114 Å². The van der Waals surface area contributed by atoms with Crippen molar-refractivity contribution in [1.82, 2.24) is 0 Å². The maximum absolute atomic E-state index is 9.19. The van der Waals surface area contributed by atoms with Gasteiger partial charge in [-0.3, -0.25) is 0 Å². The number of aliphatic hydroxyl groups is 1. The molecule has 1 saturated heterocycles. The van der Waals surface area contributed by atoms with E-state index in [9.17, 15) is 5.11 Å². The van der Waals surface area contributed by atoms with Crippen LogP contribution in [0.5, 0.6) is 0 Å².